The van der Waals surface area contributed by atoms with E-state index in [-0.39, 0.29) is 11.8 Å². The molecule has 0 saturated carbocycles. The molecule has 6 nitrogen and oxygen atoms in total. The van der Waals surface area contributed by atoms with Crippen molar-refractivity contribution in [2.45, 2.75) is 19.4 Å². The number of benzene rings is 2. The average Bonchev–Trinajstić information content (AvgIpc) is 3.26. The van der Waals surface area contributed by atoms with E-state index < -0.39 is 5.82 Å². The maximum Gasteiger partial charge on any atom is 0.270 e. The van der Waals surface area contributed by atoms with Gasteiger partial charge in [0, 0.05) is 31.9 Å². The maximum atomic E-state index is 14.0. The van der Waals surface area contributed by atoms with Crippen molar-refractivity contribution in [2.75, 3.05) is 18.6 Å². The third-order valence-corrected chi connectivity index (χ3v) is 5.28. The van der Waals surface area contributed by atoms with E-state index in [1.165, 1.54) is 12.1 Å². The number of aromatic nitrogens is 1. The molecule has 0 radical (unpaired) electrons. The summed E-state index contributed by atoms with van der Waals surface area (Å²) in [7, 11) is 3.34. The Hall–Kier alpha value is -3.35. The van der Waals surface area contributed by atoms with Crippen molar-refractivity contribution in [3.63, 3.8) is 0 Å². The predicted octanol–water partition coefficient (Wildman–Crippen LogP) is 3.38. The number of carbonyl (C=O) groups is 2. The number of nitrogens with one attached hydrogen (secondary N) is 1. The summed E-state index contributed by atoms with van der Waals surface area (Å²) >= 11 is 0. The third-order valence-electron chi connectivity index (χ3n) is 5.28. The fraction of sp³-hybridized carbons (Fsp3) is 0.273. The van der Waals surface area contributed by atoms with Crippen molar-refractivity contribution in [2.24, 2.45) is 7.05 Å². The molecule has 29 heavy (non-hydrogen) atoms. The molecular formula is C22H22FN3O3. The highest BCUT2D eigenvalue weighted by Gasteiger charge is 2.31. The Labute approximate surface area is 167 Å². The van der Waals surface area contributed by atoms with Gasteiger partial charge in [-0.3, -0.25) is 9.59 Å². The number of halogens is 1. The van der Waals surface area contributed by atoms with E-state index in [1.54, 1.807) is 29.7 Å². The zero-order chi connectivity index (χ0) is 20.5. The van der Waals surface area contributed by atoms with Crippen LogP contribution >= 0.6 is 0 Å². The minimum Gasteiger partial charge on any atom is -0.497 e. The second kappa shape index (κ2) is 7.58. The van der Waals surface area contributed by atoms with Crippen molar-refractivity contribution in [1.29, 1.82) is 0 Å². The van der Waals surface area contributed by atoms with Gasteiger partial charge < -0.3 is 19.5 Å². The summed E-state index contributed by atoms with van der Waals surface area (Å²) in [5, 5.41) is 3.48. The highest BCUT2D eigenvalue weighted by Crippen LogP contribution is 2.36. The van der Waals surface area contributed by atoms with Crippen LogP contribution in [-0.4, -0.2) is 30.0 Å². The first-order chi connectivity index (χ1) is 14.0. The van der Waals surface area contributed by atoms with E-state index in [0.29, 0.717) is 47.5 Å². The van der Waals surface area contributed by atoms with Gasteiger partial charge in [-0.15, -0.1) is 0 Å². The first-order valence-corrected chi connectivity index (χ1v) is 9.49. The number of methoxy groups -OCH3 is 1. The molecule has 2 heterocycles. The summed E-state index contributed by atoms with van der Waals surface area (Å²) in [5.41, 5.74) is 2.42. The van der Waals surface area contributed by atoms with Crippen molar-refractivity contribution in [1.82, 2.24) is 9.88 Å². The van der Waals surface area contributed by atoms with Crippen LogP contribution in [0.15, 0.2) is 42.5 Å². The van der Waals surface area contributed by atoms with Gasteiger partial charge in [0.05, 0.1) is 18.3 Å². The summed E-state index contributed by atoms with van der Waals surface area (Å²) in [4.78, 5) is 27.2. The van der Waals surface area contributed by atoms with Crippen molar-refractivity contribution >= 4 is 28.4 Å². The lowest BCUT2D eigenvalue weighted by molar-refractivity contribution is -0.117. The first-order valence-electron chi connectivity index (χ1n) is 9.49. The van der Waals surface area contributed by atoms with E-state index in [2.05, 4.69) is 5.32 Å². The van der Waals surface area contributed by atoms with Crippen LogP contribution in [0.3, 0.4) is 0 Å². The van der Waals surface area contributed by atoms with Gasteiger partial charge in [-0.1, -0.05) is 12.1 Å². The van der Waals surface area contributed by atoms with E-state index >= 15 is 0 Å². The molecule has 0 atom stereocenters. The largest absolute Gasteiger partial charge is 0.497 e. The molecule has 7 heteroatoms. The van der Waals surface area contributed by atoms with Gasteiger partial charge in [-0.25, -0.2) is 4.39 Å². The van der Waals surface area contributed by atoms with E-state index in [1.807, 2.05) is 24.3 Å². The van der Waals surface area contributed by atoms with Gasteiger partial charge in [0.15, 0.2) is 0 Å². The molecule has 1 aromatic heterocycles. The lowest BCUT2D eigenvalue weighted by Crippen LogP contribution is -2.30. The first kappa shape index (κ1) is 19.0. The normalized spacial score (nSPS) is 13.9. The standard InChI is InChI=1S/C22H22FN3O3/c1-25-18-9-8-15(23)12-17(18)20(26-10-4-7-19(26)27)21(25)22(28)24-13-14-5-3-6-16(11-14)29-2/h3,5-6,8-9,11-12H,4,7,10,13H2,1-2H3,(H,24,28). The minimum absolute atomic E-state index is 0.0522. The number of aryl methyl sites for hydroxylation is 1. The highest BCUT2D eigenvalue weighted by molar-refractivity contribution is 6.14. The molecule has 150 valence electrons. The highest BCUT2D eigenvalue weighted by atomic mass is 19.1. The van der Waals surface area contributed by atoms with Crippen LogP contribution in [0.5, 0.6) is 5.75 Å². The van der Waals surface area contributed by atoms with E-state index in [4.69, 9.17) is 4.74 Å². The Morgan fingerprint density at radius 3 is 2.79 bits per heavy atom. The molecular weight excluding hydrogens is 373 g/mol. The average molecular weight is 395 g/mol. The fourth-order valence-electron chi connectivity index (χ4n) is 3.86. The number of anilines is 1. The van der Waals surface area contributed by atoms with Crippen LogP contribution in [-0.2, 0) is 18.4 Å². The van der Waals surface area contributed by atoms with Crippen LogP contribution in [0, 0.1) is 5.82 Å². The van der Waals surface area contributed by atoms with Gasteiger partial charge in [0.25, 0.3) is 5.91 Å². The molecule has 1 aliphatic heterocycles. The number of nitrogens with zero attached hydrogens (tertiary/aromatic N) is 2. The Bertz CT molecular complexity index is 1110. The van der Waals surface area contributed by atoms with E-state index in [0.717, 1.165) is 12.0 Å². The van der Waals surface area contributed by atoms with Crippen LogP contribution in [0.25, 0.3) is 10.9 Å². The molecule has 2 aromatic carbocycles. The molecule has 1 N–H and O–H groups in total. The topological polar surface area (TPSA) is 63.6 Å². The van der Waals surface area contributed by atoms with Crippen LogP contribution < -0.4 is 15.0 Å². The Balaban J connectivity index is 1.72. The van der Waals surface area contributed by atoms with Gasteiger partial charge in [-0.05, 0) is 42.3 Å². The Kier molecular flexibility index (Phi) is 4.96. The SMILES string of the molecule is COc1cccc(CNC(=O)c2c(N3CCCC3=O)c3cc(F)ccc3n2C)c1. The number of hydrogen-bond acceptors (Lipinski definition) is 3. The number of rotatable bonds is 5. The van der Waals surface area contributed by atoms with Crippen LogP contribution in [0.1, 0.15) is 28.9 Å². The fourth-order valence-corrected chi connectivity index (χ4v) is 3.86. The summed E-state index contributed by atoms with van der Waals surface area (Å²) in [5.74, 6) is -0.0650. The van der Waals surface area contributed by atoms with Crippen LogP contribution in [0.4, 0.5) is 10.1 Å². The maximum absolute atomic E-state index is 14.0. The second-order valence-corrected chi connectivity index (χ2v) is 7.10. The van der Waals surface area contributed by atoms with Gasteiger partial charge >= 0.3 is 0 Å². The molecule has 1 saturated heterocycles. The van der Waals surface area contributed by atoms with Crippen molar-refractivity contribution in [3.05, 3.63) is 59.5 Å². The molecule has 4 rings (SSSR count). The van der Waals surface area contributed by atoms with Gasteiger partial charge in [-0.2, -0.15) is 0 Å². The number of hydrogen-bond donors (Lipinski definition) is 1. The quantitative estimate of drug-likeness (QED) is 0.720. The Morgan fingerprint density at radius 2 is 2.07 bits per heavy atom. The predicted molar refractivity (Wildman–Crippen MR) is 109 cm³/mol. The molecule has 0 spiro atoms. The molecule has 0 unspecified atom stereocenters. The lowest BCUT2D eigenvalue weighted by Gasteiger charge is -2.18. The minimum atomic E-state index is -0.403. The Morgan fingerprint density at radius 1 is 1.24 bits per heavy atom. The molecule has 2 amide bonds. The number of fused-ring (bicyclic) bond motifs is 1. The summed E-state index contributed by atoms with van der Waals surface area (Å²) in [6, 6.07) is 11.8. The summed E-state index contributed by atoms with van der Waals surface area (Å²) < 4.78 is 20.9. The summed E-state index contributed by atoms with van der Waals surface area (Å²) in [6.07, 6.45) is 1.14. The van der Waals surface area contributed by atoms with Crippen LogP contribution in [0.2, 0.25) is 0 Å². The molecule has 0 aliphatic carbocycles. The second-order valence-electron chi connectivity index (χ2n) is 7.10. The van der Waals surface area contributed by atoms with Crippen molar-refractivity contribution in [3.8, 4) is 5.75 Å². The zero-order valence-electron chi connectivity index (χ0n) is 16.4. The van der Waals surface area contributed by atoms with Gasteiger partial charge in [0.2, 0.25) is 5.91 Å². The monoisotopic (exact) mass is 395 g/mol. The van der Waals surface area contributed by atoms with E-state index in [9.17, 15) is 14.0 Å². The molecule has 1 aliphatic rings. The number of carbonyl (C=O) groups excluding carboxylic acids is 2. The number of amides is 2. The third kappa shape index (κ3) is 3.44. The molecule has 3 aromatic rings. The molecule has 1 fully saturated rings. The number of ether oxygens (including phenoxy) is 1. The van der Waals surface area contributed by atoms with Crippen molar-refractivity contribution < 1.29 is 18.7 Å². The molecule has 0 bridgehead atoms. The smallest absolute Gasteiger partial charge is 0.270 e. The lowest BCUT2D eigenvalue weighted by atomic mass is 10.2. The zero-order valence-corrected chi connectivity index (χ0v) is 16.4. The van der Waals surface area contributed by atoms with Gasteiger partial charge in [0.1, 0.15) is 17.3 Å². The summed E-state index contributed by atoms with van der Waals surface area (Å²) in [6.45, 7) is 0.823.